The Morgan fingerprint density at radius 3 is 2.26 bits per heavy atom. The molecule has 0 aliphatic heterocycles. The molecule has 5 nitrogen and oxygen atoms in total. The molecule has 0 aromatic heterocycles. The molecule has 0 spiro atoms. The summed E-state index contributed by atoms with van der Waals surface area (Å²) >= 11 is 0. The van der Waals surface area contributed by atoms with Crippen LogP contribution in [0.4, 0.5) is 4.79 Å². The Morgan fingerprint density at radius 2 is 1.61 bits per heavy atom. The highest BCUT2D eigenvalue weighted by Crippen LogP contribution is 2.40. The summed E-state index contributed by atoms with van der Waals surface area (Å²) in [6.45, 7) is 4.63. The molecule has 2 amide bonds. The standard InChI is InChI=1S/C18H34N2O3/c1-2-23-13-12-17(8-6-7-9-17)14-19-16(21)20-15-18(22)10-4-3-5-11-18/h22H,2-15H2,1H3,(H2,19,20,21). The smallest absolute Gasteiger partial charge is 0.314 e. The van der Waals surface area contributed by atoms with Crippen molar-refractivity contribution in [3.05, 3.63) is 0 Å². The normalized spacial score (nSPS) is 22.7. The molecule has 0 unspecified atom stereocenters. The minimum Gasteiger partial charge on any atom is -0.388 e. The number of urea groups is 1. The van der Waals surface area contributed by atoms with Crippen molar-refractivity contribution in [3.8, 4) is 0 Å². The third-order valence-electron chi connectivity index (χ3n) is 5.63. The number of rotatable bonds is 8. The average molecular weight is 326 g/mol. The maximum absolute atomic E-state index is 12.1. The summed E-state index contributed by atoms with van der Waals surface area (Å²) in [6, 6.07) is -0.147. The summed E-state index contributed by atoms with van der Waals surface area (Å²) in [6.07, 6.45) is 10.7. The predicted molar refractivity (Wildman–Crippen MR) is 91.4 cm³/mol. The number of amides is 2. The highest BCUT2D eigenvalue weighted by molar-refractivity contribution is 5.73. The van der Waals surface area contributed by atoms with E-state index in [2.05, 4.69) is 10.6 Å². The molecule has 2 rings (SSSR count). The van der Waals surface area contributed by atoms with E-state index in [-0.39, 0.29) is 11.4 Å². The van der Waals surface area contributed by atoms with Crippen LogP contribution in [0, 0.1) is 5.41 Å². The van der Waals surface area contributed by atoms with E-state index >= 15 is 0 Å². The zero-order chi connectivity index (χ0) is 16.6. The van der Waals surface area contributed by atoms with Crippen LogP contribution < -0.4 is 10.6 Å². The van der Waals surface area contributed by atoms with E-state index in [1.165, 1.54) is 32.1 Å². The van der Waals surface area contributed by atoms with Crippen LogP contribution in [0.2, 0.25) is 0 Å². The third-order valence-corrected chi connectivity index (χ3v) is 5.63. The summed E-state index contributed by atoms with van der Waals surface area (Å²) < 4.78 is 5.51. The molecule has 2 aliphatic carbocycles. The predicted octanol–water partition coefficient (Wildman–Crippen LogP) is 2.97. The van der Waals surface area contributed by atoms with Gasteiger partial charge in [0.25, 0.3) is 0 Å². The van der Waals surface area contributed by atoms with E-state index in [4.69, 9.17) is 4.74 Å². The summed E-state index contributed by atoms with van der Waals surface area (Å²) in [4.78, 5) is 12.1. The van der Waals surface area contributed by atoms with E-state index in [0.717, 1.165) is 45.3 Å². The quantitative estimate of drug-likeness (QED) is 0.601. The molecule has 2 fully saturated rings. The summed E-state index contributed by atoms with van der Waals surface area (Å²) in [5.41, 5.74) is -0.496. The van der Waals surface area contributed by atoms with Crippen LogP contribution in [0.25, 0.3) is 0 Å². The second kappa shape index (κ2) is 8.88. The zero-order valence-electron chi connectivity index (χ0n) is 14.7. The van der Waals surface area contributed by atoms with Crippen molar-refractivity contribution in [2.45, 2.75) is 76.7 Å². The fourth-order valence-corrected chi connectivity index (χ4v) is 4.03. The van der Waals surface area contributed by atoms with Crippen molar-refractivity contribution in [3.63, 3.8) is 0 Å². The van der Waals surface area contributed by atoms with Gasteiger partial charge in [-0.2, -0.15) is 0 Å². The first-order chi connectivity index (χ1) is 11.1. The Hall–Kier alpha value is -0.810. The van der Waals surface area contributed by atoms with Gasteiger partial charge in [-0.1, -0.05) is 32.1 Å². The molecule has 0 atom stereocenters. The Labute approximate surface area is 140 Å². The number of hydrogen-bond acceptors (Lipinski definition) is 3. The maximum atomic E-state index is 12.1. The largest absolute Gasteiger partial charge is 0.388 e. The Kier molecular flexibility index (Phi) is 7.15. The van der Waals surface area contributed by atoms with Gasteiger partial charge >= 0.3 is 6.03 Å². The molecular weight excluding hydrogens is 292 g/mol. The molecule has 2 aliphatic rings. The first-order valence-electron chi connectivity index (χ1n) is 9.39. The van der Waals surface area contributed by atoms with E-state index < -0.39 is 5.60 Å². The first-order valence-corrected chi connectivity index (χ1v) is 9.39. The molecule has 0 saturated heterocycles. The Balaban J connectivity index is 1.71. The highest BCUT2D eigenvalue weighted by Gasteiger charge is 2.34. The number of nitrogens with one attached hydrogen (secondary N) is 2. The Morgan fingerprint density at radius 1 is 1.00 bits per heavy atom. The van der Waals surface area contributed by atoms with Crippen LogP contribution in [0.5, 0.6) is 0 Å². The van der Waals surface area contributed by atoms with Crippen molar-refractivity contribution in [2.75, 3.05) is 26.3 Å². The molecule has 0 radical (unpaired) electrons. The summed E-state index contributed by atoms with van der Waals surface area (Å²) in [5.74, 6) is 0. The fourth-order valence-electron chi connectivity index (χ4n) is 4.03. The number of hydrogen-bond donors (Lipinski definition) is 3. The lowest BCUT2D eigenvalue weighted by Crippen LogP contribution is -2.49. The third kappa shape index (κ3) is 5.96. The monoisotopic (exact) mass is 326 g/mol. The van der Waals surface area contributed by atoms with Gasteiger partial charge in [-0.15, -0.1) is 0 Å². The van der Waals surface area contributed by atoms with Gasteiger partial charge in [0.15, 0.2) is 0 Å². The topological polar surface area (TPSA) is 70.6 Å². The van der Waals surface area contributed by atoms with Crippen molar-refractivity contribution in [1.82, 2.24) is 10.6 Å². The molecule has 0 aromatic carbocycles. The summed E-state index contributed by atoms with van der Waals surface area (Å²) in [5, 5.41) is 16.3. The van der Waals surface area contributed by atoms with Gasteiger partial charge in [0.05, 0.1) is 5.60 Å². The lowest BCUT2D eigenvalue weighted by atomic mass is 9.83. The lowest BCUT2D eigenvalue weighted by molar-refractivity contribution is 0.00711. The van der Waals surface area contributed by atoms with Crippen LogP contribution in [0.15, 0.2) is 0 Å². The lowest BCUT2D eigenvalue weighted by Gasteiger charge is -2.33. The number of ether oxygens (including phenoxy) is 1. The van der Waals surface area contributed by atoms with Crippen LogP contribution in [-0.2, 0) is 4.74 Å². The van der Waals surface area contributed by atoms with E-state index in [1.54, 1.807) is 0 Å². The van der Waals surface area contributed by atoms with Crippen molar-refractivity contribution >= 4 is 6.03 Å². The molecule has 0 bridgehead atoms. The number of carbonyl (C=O) groups is 1. The van der Waals surface area contributed by atoms with Crippen molar-refractivity contribution < 1.29 is 14.6 Å². The highest BCUT2D eigenvalue weighted by atomic mass is 16.5. The number of carbonyl (C=O) groups excluding carboxylic acids is 1. The van der Waals surface area contributed by atoms with Crippen LogP contribution in [0.3, 0.4) is 0 Å². The minimum atomic E-state index is -0.699. The molecule has 2 saturated carbocycles. The minimum absolute atomic E-state index is 0.147. The summed E-state index contributed by atoms with van der Waals surface area (Å²) in [7, 11) is 0. The van der Waals surface area contributed by atoms with E-state index in [1.807, 2.05) is 6.92 Å². The molecule has 5 heteroatoms. The van der Waals surface area contributed by atoms with E-state index in [9.17, 15) is 9.90 Å². The maximum Gasteiger partial charge on any atom is 0.314 e. The second-order valence-electron chi connectivity index (χ2n) is 7.48. The molecule has 134 valence electrons. The Bertz CT molecular complexity index is 361. The van der Waals surface area contributed by atoms with Gasteiger partial charge in [-0.25, -0.2) is 4.79 Å². The van der Waals surface area contributed by atoms with Gasteiger partial charge in [0, 0.05) is 26.3 Å². The first kappa shape index (κ1) is 18.5. The number of aliphatic hydroxyl groups is 1. The van der Waals surface area contributed by atoms with Crippen molar-refractivity contribution in [2.24, 2.45) is 5.41 Å². The average Bonchev–Trinajstić information content (AvgIpc) is 3.01. The molecule has 0 heterocycles. The molecular formula is C18H34N2O3. The van der Waals surface area contributed by atoms with E-state index in [0.29, 0.717) is 13.1 Å². The van der Waals surface area contributed by atoms with Gasteiger partial charge in [-0.05, 0) is 44.4 Å². The zero-order valence-corrected chi connectivity index (χ0v) is 14.7. The molecule has 0 aromatic rings. The molecule has 3 N–H and O–H groups in total. The van der Waals surface area contributed by atoms with Gasteiger partial charge in [0.2, 0.25) is 0 Å². The molecule has 23 heavy (non-hydrogen) atoms. The van der Waals surface area contributed by atoms with Gasteiger partial charge in [0.1, 0.15) is 0 Å². The van der Waals surface area contributed by atoms with Crippen LogP contribution >= 0.6 is 0 Å². The SMILES string of the molecule is CCOCCC1(CNC(=O)NCC2(O)CCCCC2)CCCC1. The van der Waals surface area contributed by atoms with Gasteiger partial charge in [-0.3, -0.25) is 0 Å². The van der Waals surface area contributed by atoms with Crippen LogP contribution in [0.1, 0.15) is 71.1 Å². The van der Waals surface area contributed by atoms with Gasteiger partial charge < -0.3 is 20.5 Å². The van der Waals surface area contributed by atoms with Crippen molar-refractivity contribution in [1.29, 1.82) is 0 Å². The fraction of sp³-hybridized carbons (Fsp3) is 0.944. The second-order valence-corrected chi connectivity index (χ2v) is 7.48. The van der Waals surface area contributed by atoms with Crippen LogP contribution in [-0.4, -0.2) is 43.0 Å².